The summed E-state index contributed by atoms with van der Waals surface area (Å²) in [5, 5.41) is 0. The van der Waals surface area contributed by atoms with Gasteiger partial charge in [-0.15, -0.1) is 12.4 Å². The molecule has 0 aromatic heterocycles. The van der Waals surface area contributed by atoms with Crippen LogP contribution in [0.5, 0.6) is 0 Å². The molecule has 25 heavy (non-hydrogen) atoms. The van der Waals surface area contributed by atoms with Crippen LogP contribution in [-0.2, 0) is 23.1 Å². The van der Waals surface area contributed by atoms with E-state index in [2.05, 4.69) is 0 Å². The van der Waals surface area contributed by atoms with Gasteiger partial charge in [0, 0.05) is 26.2 Å². The molecular formula is C14H29ClN3O6P. The Morgan fingerprint density at radius 1 is 1.00 bits per heavy atom. The van der Waals surface area contributed by atoms with Crippen molar-refractivity contribution in [2.45, 2.75) is 26.8 Å². The van der Waals surface area contributed by atoms with Crippen LogP contribution in [0, 0.1) is 0 Å². The second-order valence-electron chi connectivity index (χ2n) is 5.25. The Morgan fingerprint density at radius 3 is 1.92 bits per heavy atom. The highest BCUT2D eigenvalue weighted by Gasteiger charge is 2.34. The number of hydrogen-bond acceptors (Lipinski definition) is 7. The predicted octanol–water partition coefficient (Wildman–Crippen LogP) is 1.30. The number of nitrogens with two attached hydrogens (primary N) is 1. The highest BCUT2D eigenvalue weighted by atomic mass is 35.5. The van der Waals surface area contributed by atoms with Gasteiger partial charge in [0.2, 0.25) is 5.91 Å². The average molecular weight is 402 g/mol. The molecule has 0 unspecified atom stereocenters. The summed E-state index contributed by atoms with van der Waals surface area (Å²) < 4.78 is 27.7. The molecule has 1 heterocycles. The SMILES string of the molecule is CCOC(=O)N1CCN(C(=O)[C@@H](N)CP(=O)(OCC)OCC)CC1.Cl. The summed E-state index contributed by atoms with van der Waals surface area (Å²) in [6.07, 6.45) is -0.544. The standard InChI is InChI=1S/C14H28N3O6P.ClH/c1-4-21-14(19)17-9-7-16(8-10-17)13(18)12(15)11-24(20,22-5-2)23-6-3;/h12H,4-11,15H2,1-3H3;1H/t12-;/m0./s1. The van der Waals surface area contributed by atoms with Gasteiger partial charge in [-0.25, -0.2) is 4.79 Å². The molecule has 1 fully saturated rings. The zero-order valence-electron chi connectivity index (χ0n) is 15.0. The van der Waals surface area contributed by atoms with Gasteiger partial charge >= 0.3 is 13.7 Å². The van der Waals surface area contributed by atoms with Gasteiger partial charge in [0.1, 0.15) is 0 Å². The molecule has 11 heteroatoms. The molecule has 2 amide bonds. The molecule has 1 aliphatic rings. The number of ether oxygens (including phenoxy) is 1. The van der Waals surface area contributed by atoms with Crippen molar-refractivity contribution in [1.29, 1.82) is 0 Å². The van der Waals surface area contributed by atoms with E-state index in [1.165, 1.54) is 0 Å². The zero-order chi connectivity index (χ0) is 18.2. The molecule has 1 aliphatic heterocycles. The number of piperazine rings is 1. The van der Waals surface area contributed by atoms with E-state index < -0.39 is 13.6 Å². The quantitative estimate of drug-likeness (QED) is 0.610. The number of halogens is 1. The van der Waals surface area contributed by atoms with E-state index in [0.717, 1.165) is 0 Å². The van der Waals surface area contributed by atoms with Crippen LogP contribution < -0.4 is 5.73 Å². The van der Waals surface area contributed by atoms with E-state index in [9.17, 15) is 14.2 Å². The maximum atomic E-state index is 12.5. The fourth-order valence-corrected chi connectivity index (χ4v) is 4.12. The van der Waals surface area contributed by atoms with Crippen molar-refractivity contribution in [3.05, 3.63) is 0 Å². The molecule has 0 spiro atoms. The summed E-state index contributed by atoms with van der Waals surface area (Å²) in [7, 11) is -3.37. The predicted molar refractivity (Wildman–Crippen MR) is 96.1 cm³/mol. The van der Waals surface area contributed by atoms with E-state index in [1.807, 2.05) is 0 Å². The first-order valence-corrected chi connectivity index (χ1v) is 9.93. The largest absolute Gasteiger partial charge is 0.450 e. The lowest BCUT2D eigenvalue weighted by molar-refractivity contribution is -0.133. The van der Waals surface area contributed by atoms with E-state index >= 15 is 0 Å². The Morgan fingerprint density at radius 2 is 1.48 bits per heavy atom. The van der Waals surface area contributed by atoms with Crippen LogP contribution in [0.15, 0.2) is 0 Å². The van der Waals surface area contributed by atoms with Crippen LogP contribution in [0.3, 0.4) is 0 Å². The Balaban J connectivity index is 0.00000576. The average Bonchev–Trinajstić information content (AvgIpc) is 2.54. The van der Waals surface area contributed by atoms with Gasteiger partial charge in [0.05, 0.1) is 32.0 Å². The van der Waals surface area contributed by atoms with Crippen molar-refractivity contribution < 1.29 is 27.9 Å². The maximum absolute atomic E-state index is 12.5. The van der Waals surface area contributed by atoms with Crippen molar-refractivity contribution in [1.82, 2.24) is 9.80 Å². The first kappa shape index (κ1) is 24.1. The third-order valence-electron chi connectivity index (χ3n) is 3.51. The number of nitrogens with zero attached hydrogens (tertiary/aromatic N) is 2. The molecule has 0 radical (unpaired) electrons. The summed E-state index contributed by atoms with van der Waals surface area (Å²) >= 11 is 0. The van der Waals surface area contributed by atoms with Crippen molar-refractivity contribution >= 4 is 32.0 Å². The molecule has 1 rings (SSSR count). The van der Waals surface area contributed by atoms with E-state index in [4.69, 9.17) is 19.5 Å². The van der Waals surface area contributed by atoms with Gasteiger partial charge in [0.15, 0.2) is 0 Å². The molecule has 148 valence electrons. The lowest BCUT2D eigenvalue weighted by Gasteiger charge is -2.35. The maximum Gasteiger partial charge on any atom is 0.409 e. The van der Waals surface area contributed by atoms with Gasteiger partial charge < -0.3 is 29.3 Å². The number of carbonyl (C=O) groups is 2. The molecule has 0 aromatic carbocycles. The summed E-state index contributed by atoms with van der Waals surface area (Å²) in [5.41, 5.74) is 5.91. The van der Waals surface area contributed by atoms with E-state index in [1.54, 1.807) is 30.6 Å². The number of hydrogen-bond donors (Lipinski definition) is 1. The molecular weight excluding hydrogens is 373 g/mol. The smallest absolute Gasteiger partial charge is 0.409 e. The topological polar surface area (TPSA) is 111 Å². The minimum atomic E-state index is -3.37. The third-order valence-corrected chi connectivity index (χ3v) is 5.65. The van der Waals surface area contributed by atoms with Crippen LogP contribution in [0.4, 0.5) is 4.79 Å². The lowest BCUT2D eigenvalue weighted by atomic mass is 10.2. The Kier molecular flexibility index (Phi) is 11.3. The lowest BCUT2D eigenvalue weighted by Crippen LogP contribution is -2.55. The summed E-state index contributed by atoms with van der Waals surface area (Å²) in [4.78, 5) is 27.2. The molecule has 9 nitrogen and oxygen atoms in total. The monoisotopic (exact) mass is 401 g/mol. The Bertz CT molecular complexity index is 463. The zero-order valence-corrected chi connectivity index (χ0v) is 16.7. The molecule has 0 bridgehead atoms. The molecule has 2 N–H and O–H groups in total. The minimum absolute atomic E-state index is 0. The normalized spacial score (nSPS) is 16.2. The summed E-state index contributed by atoms with van der Waals surface area (Å²) in [6, 6.07) is -0.969. The van der Waals surface area contributed by atoms with Crippen LogP contribution in [0.25, 0.3) is 0 Å². The van der Waals surface area contributed by atoms with E-state index in [0.29, 0.717) is 32.8 Å². The first-order valence-electron chi connectivity index (χ1n) is 8.21. The summed E-state index contributed by atoms with van der Waals surface area (Å²) in [6.45, 7) is 7.38. The van der Waals surface area contributed by atoms with Crippen molar-refractivity contribution in [2.24, 2.45) is 5.73 Å². The van der Waals surface area contributed by atoms with Crippen molar-refractivity contribution in [3.63, 3.8) is 0 Å². The van der Waals surface area contributed by atoms with Gasteiger partial charge in [-0.1, -0.05) is 0 Å². The Hall–Kier alpha value is -0.860. The van der Waals surface area contributed by atoms with Gasteiger partial charge in [-0.3, -0.25) is 9.36 Å². The second-order valence-corrected chi connectivity index (χ2v) is 7.35. The fraction of sp³-hybridized carbons (Fsp3) is 0.857. The van der Waals surface area contributed by atoms with Gasteiger partial charge in [-0.05, 0) is 20.8 Å². The molecule has 0 aliphatic carbocycles. The number of rotatable bonds is 8. The molecule has 1 atom stereocenters. The Labute approximate surface area is 155 Å². The van der Waals surface area contributed by atoms with Crippen LogP contribution in [-0.4, -0.2) is 80.0 Å². The third kappa shape index (κ3) is 7.50. The van der Waals surface area contributed by atoms with Crippen LogP contribution >= 0.6 is 20.0 Å². The molecule has 1 saturated heterocycles. The fourth-order valence-electron chi connectivity index (χ4n) is 2.41. The first-order chi connectivity index (χ1) is 11.4. The van der Waals surface area contributed by atoms with E-state index in [-0.39, 0.29) is 43.8 Å². The van der Waals surface area contributed by atoms with Crippen molar-refractivity contribution in [2.75, 3.05) is 52.2 Å². The van der Waals surface area contributed by atoms with Crippen LogP contribution in [0.2, 0.25) is 0 Å². The highest BCUT2D eigenvalue weighted by molar-refractivity contribution is 7.53. The number of carbonyl (C=O) groups excluding carboxylic acids is 2. The molecule has 0 aromatic rings. The van der Waals surface area contributed by atoms with Crippen LogP contribution in [0.1, 0.15) is 20.8 Å². The minimum Gasteiger partial charge on any atom is -0.450 e. The van der Waals surface area contributed by atoms with Gasteiger partial charge in [0.25, 0.3) is 0 Å². The van der Waals surface area contributed by atoms with Crippen molar-refractivity contribution in [3.8, 4) is 0 Å². The highest BCUT2D eigenvalue weighted by Crippen LogP contribution is 2.48. The summed E-state index contributed by atoms with van der Waals surface area (Å²) in [5.74, 6) is -0.321. The molecule has 0 saturated carbocycles. The number of amides is 2. The second kappa shape index (κ2) is 11.7. The van der Waals surface area contributed by atoms with Gasteiger partial charge in [-0.2, -0.15) is 0 Å².